The quantitative estimate of drug-likeness (QED) is 0.781. The Bertz CT molecular complexity index is 355. The molecule has 1 N–H and O–H groups in total. The van der Waals surface area contributed by atoms with Crippen molar-refractivity contribution in [1.29, 1.82) is 0 Å². The van der Waals surface area contributed by atoms with E-state index in [-0.39, 0.29) is 0 Å². The first kappa shape index (κ1) is 11.5. The van der Waals surface area contributed by atoms with Crippen molar-refractivity contribution in [2.45, 2.75) is 12.1 Å². The molecule has 1 rings (SSSR count). The van der Waals surface area contributed by atoms with E-state index in [1.54, 1.807) is 0 Å². The molecule has 0 aliphatic heterocycles. The van der Waals surface area contributed by atoms with Gasteiger partial charge in [0.2, 0.25) is 0 Å². The SMILES string of the molecule is O=C(O)C(c1ccc(F)cc1)C(F)(F)F. The minimum Gasteiger partial charge on any atom is -0.481 e. The smallest absolute Gasteiger partial charge is 0.406 e. The van der Waals surface area contributed by atoms with E-state index in [0.717, 1.165) is 24.3 Å². The zero-order valence-electron chi connectivity index (χ0n) is 7.25. The van der Waals surface area contributed by atoms with Gasteiger partial charge in [-0.05, 0) is 17.7 Å². The number of aliphatic carboxylic acids is 1. The zero-order valence-corrected chi connectivity index (χ0v) is 7.25. The van der Waals surface area contributed by atoms with E-state index in [0.29, 0.717) is 0 Å². The predicted octanol–water partition coefficient (Wildman–Crippen LogP) is 2.56. The van der Waals surface area contributed by atoms with Gasteiger partial charge >= 0.3 is 12.1 Å². The second kappa shape index (κ2) is 3.88. The molecule has 0 aromatic heterocycles. The lowest BCUT2D eigenvalue weighted by Gasteiger charge is -2.15. The molecule has 0 fully saturated rings. The first-order valence-electron chi connectivity index (χ1n) is 3.87. The zero-order chi connectivity index (χ0) is 11.6. The highest BCUT2D eigenvalue weighted by Crippen LogP contribution is 2.34. The summed E-state index contributed by atoms with van der Waals surface area (Å²) in [5.74, 6) is -5.34. The lowest BCUT2D eigenvalue weighted by Crippen LogP contribution is -2.28. The van der Waals surface area contributed by atoms with Crippen LogP contribution in [0.25, 0.3) is 0 Å². The van der Waals surface area contributed by atoms with Gasteiger partial charge in [-0.1, -0.05) is 12.1 Å². The third kappa shape index (κ3) is 2.68. The number of benzene rings is 1. The van der Waals surface area contributed by atoms with Gasteiger partial charge in [0.05, 0.1) is 0 Å². The van der Waals surface area contributed by atoms with Crippen LogP contribution in [-0.4, -0.2) is 17.3 Å². The molecule has 0 saturated heterocycles. The molecule has 1 aromatic carbocycles. The van der Waals surface area contributed by atoms with E-state index in [1.165, 1.54) is 0 Å². The lowest BCUT2D eigenvalue weighted by molar-refractivity contribution is -0.176. The highest BCUT2D eigenvalue weighted by atomic mass is 19.4. The highest BCUT2D eigenvalue weighted by molar-refractivity contribution is 5.77. The Hall–Kier alpha value is -1.59. The number of carboxylic acids is 1. The van der Waals surface area contributed by atoms with Crippen LogP contribution in [0.5, 0.6) is 0 Å². The lowest BCUT2D eigenvalue weighted by atomic mass is 9.99. The molecule has 15 heavy (non-hydrogen) atoms. The number of carboxylic acid groups (broad SMARTS) is 1. The summed E-state index contributed by atoms with van der Waals surface area (Å²) in [5.41, 5.74) is -0.489. The first-order valence-corrected chi connectivity index (χ1v) is 3.87. The summed E-state index contributed by atoms with van der Waals surface area (Å²) in [6.45, 7) is 0. The summed E-state index contributed by atoms with van der Waals surface area (Å²) < 4.78 is 49.3. The monoisotopic (exact) mass is 222 g/mol. The van der Waals surface area contributed by atoms with Crippen LogP contribution in [0.15, 0.2) is 24.3 Å². The fraction of sp³-hybridized carbons (Fsp3) is 0.222. The molecular formula is C9H6F4O2. The topological polar surface area (TPSA) is 37.3 Å². The molecule has 0 radical (unpaired) electrons. The van der Waals surface area contributed by atoms with Crippen LogP contribution in [0.3, 0.4) is 0 Å². The minimum atomic E-state index is -4.89. The maximum atomic E-state index is 12.4. The summed E-state index contributed by atoms with van der Waals surface area (Å²) >= 11 is 0. The van der Waals surface area contributed by atoms with Crippen molar-refractivity contribution in [1.82, 2.24) is 0 Å². The third-order valence-electron chi connectivity index (χ3n) is 1.78. The van der Waals surface area contributed by atoms with Crippen molar-refractivity contribution in [3.8, 4) is 0 Å². The molecule has 0 bridgehead atoms. The summed E-state index contributed by atoms with van der Waals surface area (Å²) in [6, 6.07) is 3.19. The van der Waals surface area contributed by atoms with E-state index in [4.69, 9.17) is 5.11 Å². The van der Waals surface area contributed by atoms with Crippen LogP contribution in [0.2, 0.25) is 0 Å². The van der Waals surface area contributed by atoms with E-state index in [1.807, 2.05) is 0 Å². The van der Waals surface area contributed by atoms with Gasteiger partial charge in [0, 0.05) is 0 Å². The summed E-state index contributed by atoms with van der Waals surface area (Å²) in [7, 11) is 0. The minimum absolute atomic E-state index is 0.489. The van der Waals surface area contributed by atoms with Gasteiger partial charge < -0.3 is 5.11 Å². The van der Waals surface area contributed by atoms with Gasteiger partial charge in [0.25, 0.3) is 0 Å². The fourth-order valence-electron chi connectivity index (χ4n) is 1.13. The number of alkyl halides is 3. The predicted molar refractivity (Wildman–Crippen MR) is 42.8 cm³/mol. The Morgan fingerprint density at radius 1 is 1.20 bits per heavy atom. The second-order valence-electron chi connectivity index (χ2n) is 2.86. The third-order valence-corrected chi connectivity index (χ3v) is 1.78. The summed E-state index contributed by atoms with van der Waals surface area (Å²) in [5, 5.41) is 8.42. The molecule has 0 aliphatic carbocycles. The molecule has 1 aromatic rings. The van der Waals surface area contributed by atoms with Gasteiger partial charge in [0.15, 0.2) is 5.92 Å². The van der Waals surface area contributed by atoms with E-state index in [2.05, 4.69) is 0 Å². The van der Waals surface area contributed by atoms with Crippen LogP contribution in [0.1, 0.15) is 11.5 Å². The van der Waals surface area contributed by atoms with Crippen LogP contribution in [0, 0.1) is 5.82 Å². The average Bonchev–Trinajstić information content (AvgIpc) is 2.05. The van der Waals surface area contributed by atoms with E-state index < -0.39 is 29.4 Å². The van der Waals surface area contributed by atoms with Crippen molar-refractivity contribution in [2.24, 2.45) is 0 Å². The van der Waals surface area contributed by atoms with Crippen LogP contribution in [0.4, 0.5) is 17.6 Å². The maximum absolute atomic E-state index is 12.4. The Morgan fingerprint density at radius 3 is 2.00 bits per heavy atom. The van der Waals surface area contributed by atoms with Crippen molar-refractivity contribution < 1.29 is 27.5 Å². The van der Waals surface area contributed by atoms with Crippen molar-refractivity contribution in [3.05, 3.63) is 35.6 Å². The number of hydrogen-bond acceptors (Lipinski definition) is 1. The van der Waals surface area contributed by atoms with Gasteiger partial charge in [-0.25, -0.2) is 4.39 Å². The summed E-state index contributed by atoms with van der Waals surface area (Å²) in [6.07, 6.45) is -4.89. The average molecular weight is 222 g/mol. The Morgan fingerprint density at radius 2 is 1.67 bits per heavy atom. The number of halogens is 4. The number of hydrogen-bond donors (Lipinski definition) is 1. The molecule has 0 heterocycles. The number of rotatable bonds is 2. The second-order valence-corrected chi connectivity index (χ2v) is 2.86. The van der Waals surface area contributed by atoms with Gasteiger partial charge in [-0.15, -0.1) is 0 Å². The Kier molecular flexibility index (Phi) is 2.97. The van der Waals surface area contributed by atoms with E-state index in [9.17, 15) is 22.4 Å². The molecule has 0 aliphatic rings. The van der Waals surface area contributed by atoms with Crippen molar-refractivity contribution >= 4 is 5.97 Å². The van der Waals surface area contributed by atoms with Crippen molar-refractivity contribution in [2.75, 3.05) is 0 Å². The van der Waals surface area contributed by atoms with Crippen LogP contribution in [-0.2, 0) is 4.79 Å². The van der Waals surface area contributed by atoms with Gasteiger partial charge in [0.1, 0.15) is 5.82 Å². The van der Waals surface area contributed by atoms with Crippen molar-refractivity contribution in [3.63, 3.8) is 0 Å². The molecule has 1 atom stereocenters. The highest BCUT2D eigenvalue weighted by Gasteiger charge is 2.46. The molecule has 0 amide bonds. The molecular weight excluding hydrogens is 216 g/mol. The fourth-order valence-corrected chi connectivity index (χ4v) is 1.13. The molecule has 0 saturated carbocycles. The van der Waals surface area contributed by atoms with E-state index >= 15 is 0 Å². The van der Waals surface area contributed by atoms with Gasteiger partial charge in [-0.2, -0.15) is 13.2 Å². The summed E-state index contributed by atoms with van der Waals surface area (Å²) in [4.78, 5) is 10.4. The largest absolute Gasteiger partial charge is 0.481 e. The molecule has 82 valence electrons. The van der Waals surface area contributed by atoms with Gasteiger partial charge in [-0.3, -0.25) is 4.79 Å². The Balaban J connectivity index is 3.11. The normalized spacial score (nSPS) is 13.6. The van der Waals surface area contributed by atoms with Crippen LogP contribution >= 0.6 is 0 Å². The molecule has 6 heteroatoms. The molecule has 2 nitrogen and oxygen atoms in total. The molecule has 0 spiro atoms. The molecule has 1 unspecified atom stereocenters. The maximum Gasteiger partial charge on any atom is 0.406 e. The number of carbonyl (C=O) groups is 1. The Labute approximate surface area is 82.1 Å². The first-order chi connectivity index (χ1) is 6.82. The standard InChI is InChI=1S/C9H6F4O2/c10-6-3-1-5(2-4-6)7(8(14)15)9(11,12)13/h1-4,7H,(H,14,15). The van der Waals surface area contributed by atoms with Crippen LogP contribution < -0.4 is 0 Å².